The van der Waals surface area contributed by atoms with E-state index in [1.807, 2.05) is 43.3 Å². The summed E-state index contributed by atoms with van der Waals surface area (Å²) in [7, 11) is 2.97. The largest absolute Gasteiger partial charge is 0.497 e. The predicted molar refractivity (Wildman–Crippen MR) is 88.9 cm³/mol. The molecule has 0 aromatic heterocycles. The Bertz CT molecular complexity index is 743. The number of hydrogen-bond donors (Lipinski definition) is 0. The molecule has 5 atom stereocenters. The van der Waals surface area contributed by atoms with Crippen LogP contribution in [-0.2, 0) is 19.1 Å². The second kappa shape index (κ2) is 5.59. The van der Waals surface area contributed by atoms with Crippen LogP contribution in [0.15, 0.2) is 36.4 Å². The van der Waals surface area contributed by atoms with Crippen LogP contribution in [0.4, 0.5) is 0 Å². The third kappa shape index (κ3) is 2.20. The van der Waals surface area contributed by atoms with Crippen molar-refractivity contribution < 1.29 is 23.8 Å². The summed E-state index contributed by atoms with van der Waals surface area (Å²) in [4.78, 5) is 27.1. The summed E-state index contributed by atoms with van der Waals surface area (Å²) in [5.41, 5.74) is 0.306. The minimum atomic E-state index is -0.707. The Balaban J connectivity index is 1.62. The van der Waals surface area contributed by atoms with Gasteiger partial charge in [0.05, 0.1) is 38.8 Å². The molecule has 3 aliphatic rings. The minimum absolute atomic E-state index is 0.0504. The number of amides is 1. The number of carbonyl (C=O) groups is 2. The fourth-order valence-corrected chi connectivity index (χ4v) is 4.32. The molecule has 132 valence electrons. The van der Waals surface area contributed by atoms with Crippen LogP contribution in [0.1, 0.15) is 18.5 Å². The Morgan fingerprint density at radius 2 is 2.04 bits per heavy atom. The molecule has 0 aliphatic carbocycles. The maximum Gasteiger partial charge on any atom is 0.312 e. The van der Waals surface area contributed by atoms with Crippen LogP contribution >= 0.6 is 0 Å². The number of likely N-dealkylation sites (tertiary alicyclic amines) is 1. The maximum absolute atomic E-state index is 13.1. The number of fused-ring (bicyclic) bond motifs is 1. The third-order valence-corrected chi connectivity index (χ3v) is 5.67. The van der Waals surface area contributed by atoms with Crippen LogP contribution in [0, 0.1) is 11.8 Å². The summed E-state index contributed by atoms with van der Waals surface area (Å²) in [6.07, 6.45) is 3.47. The molecule has 0 radical (unpaired) electrons. The molecule has 0 N–H and O–H groups in total. The lowest BCUT2D eigenvalue weighted by atomic mass is 9.77. The van der Waals surface area contributed by atoms with Crippen molar-refractivity contribution in [3.05, 3.63) is 42.0 Å². The molecule has 25 heavy (non-hydrogen) atoms. The Morgan fingerprint density at radius 1 is 1.32 bits per heavy atom. The number of hydrogen-bond acceptors (Lipinski definition) is 5. The molecule has 1 spiro atoms. The van der Waals surface area contributed by atoms with Crippen LogP contribution in [-0.4, -0.2) is 49.2 Å². The number of methoxy groups -OCH3 is 2. The van der Waals surface area contributed by atoms with Gasteiger partial charge in [0.15, 0.2) is 0 Å². The average Bonchev–Trinajstić information content (AvgIpc) is 3.29. The number of rotatable bonds is 4. The molecule has 3 aliphatic heterocycles. The van der Waals surface area contributed by atoms with Crippen LogP contribution in [0.2, 0.25) is 0 Å². The quantitative estimate of drug-likeness (QED) is 0.615. The van der Waals surface area contributed by atoms with Gasteiger partial charge in [0.25, 0.3) is 0 Å². The van der Waals surface area contributed by atoms with E-state index in [1.54, 1.807) is 12.0 Å². The predicted octanol–water partition coefficient (Wildman–Crippen LogP) is 1.71. The van der Waals surface area contributed by atoms with Crippen molar-refractivity contribution in [3.8, 4) is 5.75 Å². The fourth-order valence-electron chi connectivity index (χ4n) is 4.32. The van der Waals surface area contributed by atoms with Gasteiger partial charge < -0.3 is 19.1 Å². The highest BCUT2D eigenvalue weighted by Crippen LogP contribution is 2.53. The van der Waals surface area contributed by atoms with Gasteiger partial charge >= 0.3 is 5.97 Å². The molecule has 1 aromatic carbocycles. The van der Waals surface area contributed by atoms with Crippen molar-refractivity contribution in [2.75, 3.05) is 20.8 Å². The Hall–Kier alpha value is -2.34. The van der Waals surface area contributed by atoms with Gasteiger partial charge in [0.1, 0.15) is 17.3 Å². The van der Waals surface area contributed by atoms with Crippen molar-refractivity contribution in [3.63, 3.8) is 0 Å². The molecule has 0 unspecified atom stereocenters. The van der Waals surface area contributed by atoms with E-state index < -0.39 is 17.4 Å². The highest BCUT2D eigenvalue weighted by molar-refractivity contribution is 5.91. The van der Waals surface area contributed by atoms with Crippen LogP contribution in [0.3, 0.4) is 0 Å². The second-order valence-electron chi connectivity index (χ2n) is 6.84. The zero-order valence-corrected chi connectivity index (χ0v) is 14.5. The Morgan fingerprint density at radius 3 is 2.68 bits per heavy atom. The van der Waals surface area contributed by atoms with Crippen LogP contribution in [0.5, 0.6) is 5.75 Å². The molecule has 1 aromatic rings. The molecule has 2 saturated heterocycles. The number of nitrogens with zero attached hydrogens (tertiary/aromatic N) is 1. The number of esters is 1. The van der Waals surface area contributed by atoms with Gasteiger partial charge in [0.2, 0.25) is 5.91 Å². The third-order valence-electron chi connectivity index (χ3n) is 5.67. The molecule has 6 heteroatoms. The maximum atomic E-state index is 13.1. The van der Waals surface area contributed by atoms with E-state index in [1.165, 1.54) is 7.11 Å². The van der Waals surface area contributed by atoms with E-state index >= 15 is 0 Å². The standard InChI is InChI=1S/C19H21NO5/c1-11(12-4-6-13(23-2)7-5-12)20-10-19-9-8-14(25-19)15(18(22)24-3)16(19)17(20)21/h4-9,11,14-16H,10H2,1-3H3/t11-,14-,15-,16+,19+/m0/s1. The van der Waals surface area contributed by atoms with E-state index in [-0.39, 0.29) is 24.0 Å². The lowest BCUT2D eigenvalue weighted by molar-refractivity contribution is -0.151. The van der Waals surface area contributed by atoms with Gasteiger partial charge in [-0.15, -0.1) is 0 Å². The highest BCUT2D eigenvalue weighted by Gasteiger charge is 2.67. The first-order valence-electron chi connectivity index (χ1n) is 8.40. The lowest BCUT2D eigenvalue weighted by Gasteiger charge is -2.27. The van der Waals surface area contributed by atoms with Gasteiger partial charge in [-0.2, -0.15) is 0 Å². The monoisotopic (exact) mass is 343 g/mol. The van der Waals surface area contributed by atoms with Crippen molar-refractivity contribution in [2.45, 2.75) is 24.7 Å². The van der Waals surface area contributed by atoms with Crippen molar-refractivity contribution in [2.24, 2.45) is 11.8 Å². The van der Waals surface area contributed by atoms with Gasteiger partial charge in [-0.1, -0.05) is 24.3 Å². The van der Waals surface area contributed by atoms with Crippen molar-refractivity contribution >= 4 is 11.9 Å². The van der Waals surface area contributed by atoms with E-state index in [2.05, 4.69) is 0 Å². The summed E-state index contributed by atoms with van der Waals surface area (Å²) < 4.78 is 16.1. The minimum Gasteiger partial charge on any atom is -0.497 e. The summed E-state index contributed by atoms with van der Waals surface area (Å²) >= 11 is 0. The molecular formula is C19H21NO5. The van der Waals surface area contributed by atoms with E-state index in [4.69, 9.17) is 14.2 Å². The van der Waals surface area contributed by atoms with Gasteiger partial charge in [-0.3, -0.25) is 9.59 Å². The second-order valence-corrected chi connectivity index (χ2v) is 6.84. The molecule has 1 amide bonds. The molecular weight excluding hydrogens is 322 g/mol. The zero-order chi connectivity index (χ0) is 17.8. The molecule has 3 heterocycles. The SMILES string of the molecule is COC(=O)[C@H]1[C@@H]2C=C[C@]3(CN([C@@H](C)c4ccc(OC)cc4)C(=O)[C@@H]13)O2. The number of carbonyl (C=O) groups excluding carboxylic acids is 2. The molecule has 6 nitrogen and oxygen atoms in total. The summed E-state index contributed by atoms with van der Waals surface area (Å²) in [5.74, 6) is -0.722. The van der Waals surface area contributed by atoms with Gasteiger partial charge in [-0.05, 0) is 24.6 Å². The van der Waals surface area contributed by atoms with Crippen molar-refractivity contribution in [1.29, 1.82) is 0 Å². The lowest BCUT2D eigenvalue weighted by Crippen LogP contribution is -2.39. The number of benzene rings is 1. The zero-order valence-electron chi connectivity index (χ0n) is 14.5. The molecule has 4 rings (SSSR count). The van der Waals surface area contributed by atoms with E-state index in [0.29, 0.717) is 6.54 Å². The topological polar surface area (TPSA) is 65.1 Å². The summed E-state index contributed by atoms with van der Waals surface area (Å²) in [5, 5.41) is 0. The first-order chi connectivity index (χ1) is 12.0. The van der Waals surface area contributed by atoms with Gasteiger partial charge in [0, 0.05) is 0 Å². The first kappa shape index (κ1) is 16.1. The normalized spacial score (nSPS) is 33.5. The van der Waals surface area contributed by atoms with Crippen molar-refractivity contribution in [1.82, 2.24) is 4.90 Å². The van der Waals surface area contributed by atoms with E-state index in [9.17, 15) is 9.59 Å². The Labute approximate surface area is 146 Å². The first-order valence-corrected chi connectivity index (χ1v) is 8.40. The highest BCUT2D eigenvalue weighted by atomic mass is 16.5. The van der Waals surface area contributed by atoms with E-state index in [0.717, 1.165) is 11.3 Å². The fraction of sp³-hybridized carbons (Fsp3) is 0.474. The average molecular weight is 343 g/mol. The Kier molecular flexibility index (Phi) is 3.61. The van der Waals surface area contributed by atoms with Crippen LogP contribution < -0.4 is 4.74 Å². The van der Waals surface area contributed by atoms with Crippen LogP contribution in [0.25, 0.3) is 0 Å². The summed E-state index contributed by atoms with van der Waals surface area (Å²) in [6.45, 7) is 2.44. The molecule has 2 fully saturated rings. The molecule has 2 bridgehead atoms. The molecule has 0 saturated carbocycles. The summed E-state index contributed by atoms with van der Waals surface area (Å²) in [6, 6.07) is 7.55. The van der Waals surface area contributed by atoms with Gasteiger partial charge in [-0.25, -0.2) is 0 Å². The number of ether oxygens (including phenoxy) is 3. The smallest absolute Gasteiger partial charge is 0.312 e.